The lowest BCUT2D eigenvalue weighted by Gasteiger charge is -2.11. The molecule has 2 aromatic rings. The van der Waals surface area contributed by atoms with Crippen molar-refractivity contribution in [1.29, 1.82) is 0 Å². The molecule has 0 unspecified atom stereocenters. The van der Waals surface area contributed by atoms with E-state index in [9.17, 15) is 9.59 Å². The molecule has 1 aromatic heterocycles. The first-order valence-electron chi connectivity index (χ1n) is 6.21. The average Bonchev–Trinajstić information content (AvgIpc) is 2.46. The van der Waals surface area contributed by atoms with Crippen LogP contribution in [-0.4, -0.2) is 35.8 Å². The molecule has 0 bridgehead atoms. The van der Waals surface area contributed by atoms with Crippen LogP contribution in [0.25, 0.3) is 0 Å². The van der Waals surface area contributed by atoms with Gasteiger partial charge in [-0.05, 0) is 40.2 Å². The number of halogens is 1. The van der Waals surface area contributed by atoms with E-state index in [2.05, 4.69) is 26.2 Å². The van der Waals surface area contributed by atoms with Gasteiger partial charge in [-0.2, -0.15) is 0 Å². The number of anilines is 1. The lowest BCUT2D eigenvalue weighted by molar-refractivity contribution is 0.0827. The minimum atomic E-state index is -0.279. The summed E-state index contributed by atoms with van der Waals surface area (Å²) in [6.45, 7) is 0. The summed E-state index contributed by atoms with van der Waals surface area (Å²) < 4.78 is 0.728. The van der Waals surface area contributed by atoms with Crippen molar-refractivity contribution in [3.8, 4) is 0 Å². The molecule has 0 spiro atoms. The number of nitrogens with one attached hydrogen (secondary N) is 1. The quantitative estimate of drug-likeness (QED) is 0.928. The van der Waals surface area contributed by atoms with E-state index in [1.165, 1.54) is 11.1 Å². The zero-order chi connectivity index (χ0) is 15.4. The Kier molecular flexibility index (Phi) is 4.70. The van der Waals surface area contributed by atoms with Crippen molar-refractivity contribution in [3.63, 3.8) is 0 Å². The number of benzene rings is 1. The van der Waals surface area contributed by atoms with Crippen LogP contribution in [0.4, 0.5) is 5.69 Å². The van der Waals surface area contributed by atoms with E-state index >= 15 is 0 Å². The predicted octanol–water partition coefficient (Wildman–Crippen LogP) is 2.80. The van der Waals surface area contributed by atoms with Crippen molar-refractivity contribution in [3.05, 3.63) is 58.3 Å². The van der Waals surface area contributed by atoms with E-state index in [1.54, 1.807) is 50.6 Å². The fraction of sp³-hybridized carbons (Fsp3) is 0.133. The number of carbonyl (C=O) groups is 2. The summed E-state index contributed by atoms with van der Waals surface area (Å²) in [5.74, 6) is -0.395. The molecule has 0 fully saturated rings. The molecule has 2 rings (SSSR count). The van der Waals surface area contributed by atoms with Gasteiger partial charge in [0.1, 0.15) is 0 Å². The van der Waals surface area contributed by atoms with Crippen LogP contribution in [0.3, 0.4) is 0 Å². The van der Waals surface area contributed by atoms with Crippen molar-refractivity contribution in [2.24, 2.45) is 0 Å². The highest BCUT2D eigenvalue weighted by Crippen LogP contribution is 2.15. The van der Waals surface area contributed by atoms with Gasteiger partial charge in [0.05, 0.1) is 5.56 Å². The number of carbonyl (C=O) groups excluding carboxylic acids is 2. The van der Waals surface area contributed by atoms with Crippen LogP contribution in [0.15, 0.2) is 47.2 Å². The molecule has 6 heteroatoms. The third-order valence-electron chi connectivity index (χ3n) is 2.74. The van der Waals surface area contributed by atoms with E-state index in [0.29, 0.717) is 16.8 Å². The molecule has 108 valence electrons. The van der Waals surface area contributed by atoms with Gasteiger partial charge in [0.25, 0.3) is 11.8 Å². The first-order valence-corrected chi connectivity index (χ1v) is 7.00. The molecule has 1 N–H and O–H groups in total. The molecule has 0 aliphatic rings. The topological polar surface area (TPSA) is 62.3 Å². The molecular formula is C15H14BrN3O2. The Morgan fingerprint density at radius 3 is 2.57 bits per heavy atom. The summed E-state index contributed by atoms with van der Waals surface area (Å²) in [5, 5.41) is 2.75. The maximum absolute atomic E-state index is 12.1. The number of aromatic nitrogens is 1. The van der Waals surface area contributed by atoms with Crippen molar-refractivity contribution < 1.29 is 9.59 Å². The second-order valence-electron chi connectivity index (χ2n) is 4.63. The van der Waals surface area contributed by atoms with Crippen LogP contribution in [0.1, 0.15) is 20.7 Å². The summed E-state index contributed by atoms with van der Waals surface area (Å²) in [6.07, 6.45) is 3.09. The molecule has 1 heterocycles. The lowest BCUT2D eigenvalue weighted by Crippen LogP contribution is -2.22. The molecule has 21 heavy (non-hydrogen) atoms. The number of amides is 2. The third kappa shape index (κ3) is 3.88. The highest BCUT2D eigenvalue weighted by atomic mass is 79.9. The summed E-state index contributed by atoms with van der Waals surface area (Å²) >= 11 is 3.27. The molecular weight excluding hydrogens is 334 g/mol. The standard InChI is InChI=1S/C15H14BrN3O2/c1-19(2)15(21)10-4-3-5-13(7-10)18-14(20)11-6-12(16)9-17-8-11/h3-9H,1-2H3,(H,18,20). The zero-order valence-corrected chi connectivity index (χ0v) is 13.2. The first-order chi connectivity index (χ1) is 9.97. The third-order valence-corrected chi connectivity index (χ3v) is 3.17. The van der Waals surface area contributed by atoms with E-state index in [0.717, 1.165) is 4.47 Å². The molecule has 0 radical (unpaired) electrons. The molecule has 0 saturated heterocycles. The second kappa shape index (κ2) is 6.49. The number of hydrogen-bond acceptors (Lipinski definition) is 3. The summed E-state index contributed by atoms with van der Waals surface area (Å²) in [4.78, 5) is 29.4. The molecule has 0 saturated carbocycles. The van der Waals surface area contributed by atoms with E-state index in [1.807, 2.05) is 0 Å². The van der Waals surface area contributed by atoms with E-state index < -0.39 is 0 Å². The first kappa shape index (κ1) is 15.2. The Hall–Kier alpha value is -2.21. The maximum atomic E-state index is 12.1. The molecule has 5 nitrogen and oxygen atoms in total. The number of nitrogens with zero attached hydrogens (tertiary/aromatic N) is 2. The van der Waals surface area contributed by atoms with Gasteiger partial charge >= 0.3 is 0 Å². The van der Waals surface area contributed by atoms with Crippen LogP contribution in [-0.2, 0) is 0 Å². The summed E-state index contributed by atoms with van der Waals surface area (Å²) in [5.41, 5.74) is 1.52. The van der Waals surface area contributed by atoms with E-state index in [4.69, 9.17) is 0 Å². The van der Waals surface area contributed by atoms with Crippen molar-refractivity contribution >= 4 is 33.4 Å². The Morgan fingerprint density at radius 1 is 1.14 bits per heavy atom. The van der Waals surface area contributed by atoms with Gasteiger partial charge in [-0.3, -0.25) is 14.6 Å². The van der Waals surface area contributed by atoms with Gasteiger partial charge < -0.3 is 10.2 Å². The van der Waals surface area contributed by atoms with Gasteiger partial charge in [0, 0.05) is 42.2 Å². The second-order valence-corrected chi connectivity index (χ2v) is 5.54. The lowest BCUT2D eigenvalue weighted by atomic mass is 10.1. The van der Waals surface area contributed by atoms with Gasteiger partial charge in [0.2, 0.25) is 0 Å². The fourth-order valence-corrected chi connectivity index (χ4v) is 2.09. The van der Waals surface area contributed by atoms with Gasteiger partial charge in [-0.25, -0.2) is 0 Å². The molecule has 2 amide bonds. The van der Waals surface area contributed by atoms with Crippen LogP contribution in [0.5, 0.6) is 0 Å². The molecule has 1 aromatic carbocycles. The Morgan fingerprint density at radius 2 is 1.90 bits per heavy atom. The highest BCUT2D eigenvalue weighted by molar-refractivity contribution is 9.10. The molecule has 0 aliphatic heterocycles. The minimum Gasteiger partial charge on any atom is -0.345 e. The summed E-state index contributed by atoms with van der Waals surface area (Å²) in [7, 11) is 3.36. The fourth-order valence-electron chi connectivity index (χ4n) is 1.73. The molecule has 0 aliphatic carbocycles. The highest BCUT2D eigenvalue weighted by Gasteiger charge is 2.11. The number of rotatable bonds is 3. The van der Waals surface area contributed by atoms with Crippen LogP contribution in [0.2, 0.25) is 0 Å². The summed E-state index contributed by atoms with van der Waals surface area (Å²) in [6, 6.07) is 8.49. The normalized spacial score (nSPS) is 10.0. The van der Waals surface area contributed by atoms with E-state index in [-0.39, 0.29) is 11.8 Å². The minimum absolute atomic E-state index is 0.116. The largest absolute Gasteiger partial charge is 0.345 e. The predicted molar refractivity (Wildman–Crippen MR) is 84.3 cm³/mol. The molecule has 0 atom stereocenters. The SMILES string of the molecule is CN(C)C(=O)c1cccc(NC(=O)c2cncc(Br)c2)c1. The Labute approximate surface area is 131 Å². The van der Waals surface area contributed by atoms with Crippen LogP contribution >= 0.6 is 15.9 Å². The van der Waals surface area contributed by atoms with Crippen molar-refractivity contribution in [1.82, 2.24) is 9.88 Å². The van der Waals surface area contributed by atoms with Crippen molar-refractivity contribution in [2.75, 3.05) is 19.4 Å². The zero-order valence-electron chi connectivity index (χ0n) is 11.6. The van der Waals surface area contributed by atoms with Gasteiger partial charge in [0.15, 0.2) is 0 Å². The average molecular weight is 348 g/mol. The van der Waals surface area contributed by atoms with Crippen LogP contribution in [0, 0.1) is 0 Å². The smallest absolute Gasteiger partial charge is 0.257 e. The van der Waals surface area contributed by atoms with Crippen LogP contribution < -0.4 is 5.32 Å². The van der Waals surface area contributed by atoms with Gasteiger partial charge in [-0.1, -0.05) is 6.07 Å². The maximum Gasteiger partial charge on any atom is 0.257 e. The Balaban J connectivity index is 2.18. The number of hydrogen-bond donors (Lipinski definition) is 1. The van der Waals surface area contributed by atoms with Gasteiger partial charge in [-0.15, -0.1) is 0 Å². The Bertz CT molecular complexity index is 686. The monoisotopic (exact) mass is 347 g/mol. The number of pyridine rings is 1. The van der Waals surface area contributed by atoms with Crippen molar-refractivity contribution in [2.45, 2.75) is 0 Å².